The summed E-state index contributed by atoms with van der Waals surface area (Å²) in [7, 11) is 1.64. The highest BCUT2D eigenvalue weighted by atomic mass is 16.5. The summed E-state index contributed by atoms with van der Waals surface area (Å²) in [6.07, 6.45) is 5.84. The van der Waals surface area contributed by atoms with Crippen LogP contribution in [-0.4, -0.2) is 54.4 Å². The summed E-state index contributed by atoms with van der Waals surface area (Å²) >= 11 is 0. The second-order valence-electron chi connectivity index (χ2n) is 8.39. The lowest BCUT2D eigenvalue weighted by atomic mass is 10.1. The van der Waals surface area contributed by atoms with Crippen LogP contribution in [0, 0.1) is 6.92 Å². The Kier molecular flexibility index (Phi) is 9.59. The number of aryl methyl sites for hydroxylation is 1. The molecule has 2 N–H and O–H groups in total. The fraction of sp³-hybridized carbons (Fsp3) is 0.560. The molecule has 1 atom stereocenters. The molecule has 1 aromatic carbocycles. The molecule has 1 fully saturated rings. The van der Waals surface area contributed by atoms with Gasteiger partial charge in [-0.15, -0.1) is 0 Å². The number of nitrogens with one attached hydrogen (secondary N) is 1. The van der Waals surface area contributed by atoms with Gasteiger partial charge in [0.2, 0.25) is 0 Å². The second kappa shape index (κ2) is 12.6. The molecular weight excluding hydrogens is 390 g/mol. The monoisotopic (exact) mass is 427 g/mol. The Morgan fingerprint density at radius 3 is 2.55 bits per heavy atom. The normalized spacial score (nSPS) is 16.4. The van der Waals surface area contributed by atoms with Crippen molar-refractivity contribution in [3.8, 4) is 11.5 Å². The Bertz CT molecular complexity index is 791. The van der Waals surface area contributed by atoms with Crippen molar-refractivity contribution >= 4 is 0 Å². The fourth-order valence-electron chi connectivity index (χ4n) is 4.01. The molecule has 6 heteroatoms. The molecule has 1 unspecified atom stereocenters. The number of ether oxygens (including phenoxy) is 2. The maximum atomic E-state index is 10.5. The molecule has 1 aliphatic rings. The van der Waals surface area contributed by atoms with Gasteiger partial charge in [0.05, 0.1) is 12.8 Å². The molecule has 1 saturated heterocycles. The van der Waals surface area contributed by atoms with E-state index >= 15 is 0 Å². The van der Waals surface area contributed by atoms with Crippen LogP contribution in [-0.2, 0) is 13.1 Å². The maximum Gasteiger partial charge on any atom is 0.161 e. The molecule has 2 heterocycles. The van der Waals surface area contributed by atoms with Gasteiger partial charge in [-0.05, 0) is 62.7 Å². The van der Waals surface area contributed by atoms with Gasteiger partial charge in [0.15, 0.2) is 11.5 Å². The summed E-state index contributed by atoms with van der Waals surface area (Å²) < 4.78 is 11.4. The van der Waals surface area contributed by atoms with Crippen molar-refractivity contribution in [1.29, 1.82) is 0 Å². The zero-order chi connectivity index (χ0) is 21.9. The number of aromatic nitrogens is 1. The van der Waals surface area contributed by atoms with Crippen molar-refractivity contribution in [3.63, 3.8) is 0 Å². The van der Waals surface area contributed by atoms with Crippen LogP contribution in [0.5, 0.6) is 11.5 Å². The van der Waals surface area contributed by atoms with Crippen LogP contribution in [0.3, 0.4) is 0 Å². The minimum absolute atomic E-state index is 0.261. The molecule has 0 aliphatic carbocycles. The largest absolute Gasteiger partial charge is 0.493 e. The first-order chi connectivity index (χ1) is 15.1. The van der Waals surface area contributed by atoms with Gasteiger partial charge >= 0.3 is 0 Å². The molecule has 3 rings (SSSR count). The average Bonchev–Trinajstić information content (AvgIpc) is 2.74. The zero-order valence-electron chi connectivity index (χ0n) is 19.0. The van der Waals surface area contributed by atoms with E-state index in [1.165, 1.54) is 32.1 Å². The van der Waals surface area contributed by atoms with E-state index in [2.05, 4.69) is 15.2 Å². The fourth-order valence-corrected chi connectivity index (χ4v) is 4.01. The van der Waals surface area contributed by atoms with E-state index < -0.39 is 6.10 Å². The van der Waals surface area contributed by atoms with E-state index in [9.17, 15) is 5.11 Å². The molecule has 1 aliphatic heterocycles. The maximum absolute atomic E-state index is 10.5. The Morgan fingerprint density at radius 1 is 1.03 bits per heavy atom. The van der Waals surface area contributed by atoms with Crippen LogP contribution < -0.4 is 14.8 Å². The molecule has 0 radical (unpaired) electrons. The molecule has 0 spiro atoms. The van der Waals surface area contributed by atoms with Gasteiger partial charge in [0.25, 0.3) is 0 Å². The number of pyridine rings is 1. The van der Waals surface area contributed by atoms with Crippen LogP contribution in [0.4, 0.5) is 0 Å². The number of benzene rings is 1. The standard InChI is InChI=1S/C25H37N3O3/c1-20-9-8-10-22(27-20)17-26-16-21-11-12-24(30-2)25(15-21)31-19-23(29)18-28-13-6-4-3-5-7-14-28/h8-12,15,23,26,29H,3-7,13-14,16-19H2,1-2H3. The molecule has 170 valence electrons. The van der Waals surface area contributed by atoms with Crippen LogP contribution in [0.2, 0.25) is 0 Å². The SMILES string of the molecule is COc1ccc(CNCc2cccc(C)n2)cc1OCC(O)CN1CCCCCCC1. The van der Waals surface area contributed by atoms with Crippen molar-refractivity contribution in [2.24, 2.45) is 0 Å². The molecule has 1 aromatic heterocycles. The first-order valence-corrected chi connectivity index (χ1v) is 11.5. The highest BCUT2D eigenvalue weighted by molar-refractivity contribution is 5.43. The number of rotatable bonds is 10. The van der Waals surface area contributed by atoms with Crippen LogP contribution >= 0.6 is 0 Å². The van der Waals surface area contributed by atoms with Gasteiger partial charge in [0.1, 0.15) is 12.7 Å². The van der Waals surface area contributed by atoms with Gasteiger partial charge in [-0.3, -0.25) is 4.98 Å². The Balaban J connectivity index is 1.49. The summed E-state index contributed by atoms with van der Waals surface area (Å²) in [6.45, 7) is 6.46. The van der Waals surface area contributed by atoms with E-state index in [4.69, 9.17) is 9.47 Å². The number of likely N-dealkylation sites (tertiary alicyclic amines) is 1. The summed E-state index contributed by atoms with van der Waals surface area (Å²) in [5, 5.41) is 13.9. The van der Waals surface area contributed by atoms with Crippen molar-refractivity contribution in [2.45, 2.75) is 58.2 Å². The predicted molar refractivity (Wildman–Crippen MR) is 124 cm³/mol. The summed E-state index contributed by atoms with van der Waals surface area (Å²) in [5.41, 5.74) is 3.15. The third-order valence-electron chi connectivity index (χ3n) is 5.66. The predicted octanol–water partition coefficient (Wildman–Crippen LogP) is 3.69. The van der Waals surface area contributed by atoms with E-state index in [-0.39, 0.29) is 6.61 Å². The number of nitrogens with zero attached hydrogens (tertiary/aromatic N) is 2. The number of hydrogen-bond donors (Lipinski definition) is 2. The minimum atomic E-state index is -0.515. The number of aliphatic hydroxyl groups excluding tert-OH is 1. The first-order valence-electron chi connectivity index (χ1n) is 11.5. The molecule has 0 saturated carbocycles. The number of aliphatic hydroxyl groups is 1. The molecule has 0 bridgehead atoms. The zero-order valence-corrected chi connectivity index (χ0v) is 19.0. The topological polar surface area (TPSA) is 66.8 Å². The van der Waals surface area contributed by atoms with Crippen molar-refractivity contribution in [1.82, 2.24) is 15.2 Å². The number of β-amino-alcohol motifs (C(OH)–C–C–N with tert-alkyl or cyclic N) is 1. The highest BCUT2D eigenvalue weighted by Gasteiger charge is 2.15. The van der Waals surface area contributed by atoms with Crippen molar-refractivity contribution in [2.75, 3.05) is 33.4 Å². The quantitative estimate of drug-likeness (QED) is 0.603. The molecular formula is C25H37N3O3. The van der Waals surface area contributed by atoms with Gasteiger partial charge in [-0.1, -0.05) is 31.4 Å². The van der Waals surface area contributed by atoms with Gasteiger partial charge in [-0.2, -0.15) is 0 Å². The molecule has 2 aromatic rings. The Hall–Kier alpha value is -2.15. The minimum Gasteiger partial charge on any atom is -0.493 e. The summed E-state index contributed by atoms with van der Waals surface area (Å²) in [6, 6.07) is 12.0. The van der Waals surface area contributed by atoms with Gasteiger partial charge in [-0.25, -0.2) is 0 Å². The Labute approximate surface area is 186 Å². The molecule has 0 amide bonds. The Morgan fingerprint density at radius 2 is 1.81 bits per heavy atom. The third-order valence-corrected chi connectivity index (χ3v) is 5.66. The number of methoxy groups -OCH3 is 1. The summed E-state index contributed by atoms with van der Waals surface area (Å²) in [5.74, 6) is 1.35. The van der Waals surface area contributed by atoms with E-state index in [0.29, 0.717) is 31.1 Å². The lowest BCUT2D eigenvalue weighted by molar-refractivity contribution is 0.0644. The van der Waals surface area contributed by atoms with Crippen molar-refractivity contribution in [3.05, 3.63) is 53.3 Å². The second-order valence-corrected chi connectivity index (χ2v) is 8.39. The third kappa shape index (κ3) is 8.13. The average molecular weight is 428 g/mol. The number of hydrogen-bond acceptors (Lipinski definition) is 6. The van der Waals surface area contributed by atoms with E-state index in [1.54, 1.807) is 7.11 Å². The van der Waals surface area contributed by atoms with Crippen LogP contribution in [0.1, 0.15) is 49.1 Å². The smallest absolute Gasteiger partial charge is 0.161 e. The lowest BCUT2D eigenvalue weighted by Crippen LogP contribution is -2.37. The van der Waals surface area contributed by atoms with Gasteiger partial charge in [0, 0.05) is 25.3 Å². The first kappa shape index (κ1) is 23.5. The van der Waals surface area contributed by atoms with Crippen molar-refractivity contribution < 1.29 is 14.6 Å². The van der Waals surface area contributed by atoms with E-state index in [1.807, 2.05) is 43.3 Å². The molecule has 6 nitrogen and oxygen atoms in total. The van der Waals surface area contributed by atoms with Crippen LogP contribution in [0.25, 0.3) is 0 Å². The summed E-state index contributed by atoms with van der Waals surface area (Å²) in [4.78, 5) is 6.88. The molecule has 31 heavy (non-hydrogen) atoms. The lowest BCUT2D eigenvalue weighted by Gasteiger charge is -2.26. The van der Waals surface area contributed by atoms with Crippen LogP contribution in [0.15, 0.2) is 36.4 Å². The van der Waals surface area contributed by atoms with Gasteiger partial charge < -0.3 is 24.8 Å². The highest BCUT2D eigenvalue weighted by Crippen LogP contribution is 2.28. The van der Waals surface area contributed by atoms with E-state index in [0.717, 1.165) is 30.0 Å².